The monoisotopic (exact) mass is 296 g/mol. The Kier molecular flexibility index (Phi) is 4.55. The van der Waals surface area contributed by atoms with Gasteiger partial charge in [-0.25, -0.2) is 9.37 Å². The Bertz CT molecular complexity index is 581. The number of amides is 1. The Labute approximate surface area is 119 Å². The zero-order valence-electron chi connectivity index (χ0n) is 10.6. The van der Waals surface area contributed by atoms with Crippen molar-refractivity contribution in [1.82, 2.24) is 4.98 Å². The van der Waals surface area contributed by atoms with Crippen LogP contribution in [0.4, 0.5) is 9.52 Å². The van der Waals surface area contributed by atoms with Gasteiger partial charge in [0.2, 0.25) is 5.91 Å². The molecule has 0 aliphatic rings. The number of carbonyl (C=O) groups is 1. The molecule has 0 saturated heterocycles. The van der Waals surface area contributed by atoms with Crippen molar-refractivity contribution in [3.63, 3.8) is 0 Å². The third kappa shape index (κ3) is 3.54. The fraction of sp³-hybridized carbons (Fsp3) is 0.231. The van der Waals surface area contributed by atoms with Gasteiger partial charge in [0.25, 0.3) is 0 Å². The van der Waals surface area contributed by atoms with E-state index in [4.69, 9.17) is 0 Å². The highest BCUT2D eigenvalue weighted by atomic mass is 32.2. The molecule has 100 valence electrons. The maximum Gasteiger partial charge on any atom is 0.236 e. The molecule has 3 nitrogen and oxygen atoms in total. The second-order valence-corrected chi connectivity index (χ2v) is 5.98. The van der Waals surface area contributed by atoms with Crippen molar-refractivity contribution in [2.75, 3.05) is 17.3 Å². The van der Waals surface area contributed by atoms with E-state index >= 15 is 0 Å². The summed E-state index contributed by atoms with van der Waals surface area (Å²) in [6.07, 6.45) is 1.87. The average molecular weight is 296 g/mol. The van der Waals surface area contributed by atoms with E-state index in [1.807, 2.05) is 13.2 Å². The van der Waals surface area contributed by atoms with Gasteiger partial charge >= 0.3 is 0 Å². The van der Waals surface area contributed by atoms with Crippen molar-refractivity contribution < 1.29 is 9.18 Å². The van der Waals surface area contributed by atoms with Crippen molar-refractivity contribution in [2.45, 2.75) is 6.92 Å². The summed E-state index contributed by atoms with van der Waals surface area (Å²) in [7, 11) is 0. The van der Waals surface area contributed by atoms with Gasteiger partial charge < -0.3 is 5.32 Å². The number of thiazole rings is 1. The minimum absolute atomic E-state index is 0.0630. The minimum Gasteiger partial charge on any atom is -0.301 e. The number of aryl methyl sites for hydroxylation is 1. The smallest absolute Gasteiger partial charge is 0.236 e. The minimum atomic E-state index is -0.273. The molecule has 2 aromatic rings. The molecule has 0 spiro atoms. The number of halogens is 1. The molecule has 0 aliphatic carbocycles. The number of benzene rings is 1. The molecule has 1 heterocycles. The molecule has 2 rings (SSSR count). The van der Waals surface area contributed by atoms with Crippen LogP contribution >= 0.6 is 23.1 Å². The Balaban J connectivity index is 2.21. The maximum absolute atomic E-state index is 12.9. The van der Waals surface area contributed by atoms with Crippen molar-refractivity contribution in [3.8, 4) is 11.3 Å². The molecule has 0 unspecified atom stereocenters. The van der Waals surface area contributed by atoms with Crippen LogP contribution in [0.15, 0.2) is 24.3 Å². The van der Waals surface area contributed by atoms with Gasteiger partial charge in [-0.1, -0.05) is 0 Å². The molecule has 0 saturated carbocycles. The fourth-order valence-corrected chi connectivity index (χ4v) is 2.80. The van der Waals surface area contributed by atoms with Crippen LogP contribution < -0.4 is 5.32 Å². The highest BCUT2D eigenvalue weighted by molar-refractivity contribution is 7.99. The second kappa shape index (κ2) is 6.16. The lowest BCUT2D eigenvalue weighted by Crippen LogP contribution is -2.13. The summed E-state index contributed by atoms with van der Waals surface area (Å²) >= 11 is 2.88. The molecule has 0 fully saturated rings. The van der Waals surface area contributed by atoms with Gasteiger partial charge in [0.15, 0.2) is 5.13 Å². The molecular weight excluding hydrogens is 283 g/mol. The van der Waals surface area contributed by atoms with E-state index in [9.17, 15) is 9.18 Å². The molecule has 1 amide bonds. The number of carbonyl (C=O) groups excluding carboxylic acids is 1. The van der Waals surface area contributed by atoms with Crippen molar-refractivity contribution in [1.29, 1.82) is 0 Å². The number of aromatic nitrogens is 1. The lowest BCUT2D eigenvalue weighted by atomic mass is 10.1. The van der Waals surface area contributed by atoms with E-state index in [-0.39, 0.29) is 11.7 Å². The standard InChI is InChI=1S/C13H13FN2OS2/c1-8-12(9-3-5-10(14)6-4-9)16-13(19-8)15-11(17)7-18-2/h3-6H,7H2,1-2H3,(H,15,16,17). The molecule has 6 heteroatoms. The predicted molar refractivity (Wildman–Crippen MR) is 79.3 cm³/mol. The summed E-state index contributed by atoms with van der Waals surface area (Å²) in [6, 6.07) is 6.18. The van der Waals surface area contributed by atoms with E-state index in [2.05, 4.69) is 10.3 Å². The van der Waals surface area contributed by atoms with Crippen LogP contribution in [0.3, 0.4) is 0 Å². The summed E-state index contributed by atoms with van der Waals surface area (Å²) < 4.78 is 12.9. The van der Waals surface area contributed by atoms with Crippen molar-refractivity contribution in [2.24, 2.45) is 0 Å². The Morgan fingerprint density at radius 3 is 2.74 bits per heavy atom. The van der Waals surface area contributed by atoms with Crippen LogP contribution in [-0.4, -0.2) is 22.9 Å². The van der Waals surface area contributed by atoms with Crippen molar-refractivity contribution in [3.05, 3.63) is 35.0 Å². The highest BCUT2D eigenvalue weighted by Crippen LogP contribution is 2.30. The topological polar surface area (TPSA) is 42.0 Å². The number of nitrogens with one attached hydrogen (secondary N) is 1. The zero-order chi connectivity index (χ0) is 13.8. The first kappa shape index (κ1) is 14.0. The van der Waals surface area contributed by atoms with E-state index in [0.717, 1.165) is 16.1 Å². The first-order valence-electron chi connectivity index (χ1n) is 5.62. The summed E-state index contributed by atoms with van der Waals surface area (Å²) in [4.78, 5) is 16.9. The summed E-state index contributed by atoms with van der Waals surface area (Å²) in [5.74, 6) is 0.0712. The van der Waals surface area contributed by atoms with Gasteiger partial charge in [-0.15, -0.1) is 11.3 Å². The molecule has 0 atom stereocenters. The maximum atomic E-state index is 12.9. The first-order valence-corrected chi connectivity index (χ1v) is 7.83. The third-order valence-electron chi connectivity index (χ3n) is 2.44. The predicted octanol–water partition coefficient (Wildman–Crippen LogP) is 3.56. The Morgan fingerprint density at radius 1 is 1.42 bits per heavy atom. The molecule has 0 aliphatic heterocycles. The van der Waals surface area contributed by atoms with Gasteiger partial charge in [-0.05, 0) is 37.4 Å². The quantitative estimate of drug-likeness (QED) is 0.938. The van der Waals surface area contributed by atoms with E-state index in [0.29, 0.717) is 10.9 Å². The zero-order valence-corrected chi connectivity index (χ0v) is 12.2. The molecule has 1 N–H and O–H groups in total. The molecule has 0 bridgehead atoms. The SMILES string of the molecule is CSCC(=O)Nc1nc(-c2ccc(F)cc2)c(C)s1. The van der Waals surface area contributed by atoms with Gasteiger partial charge in [0.1, 0.15) is 5.82 Å². The van der Waals surface area contributed by atoms with Gasteiger partial charge in [-0.3, -0.25) is 4.79 Å². The number of nitrogens with zero attached hydrogens (tertiary/aromatic N) is 1. The molecule has 0 radical (unpaired) electrons. The highest BCUT2D eigenvalue weighted by Gasteiger charge is 2.11. The number of anilines is 1. The van der Waals surface area contributed by atoms with E-state index in [1.165, 1.54) is 35.2 Å². The molecular formula is C13H13FN2OS2. The number of rotatable bonds is 4. The number of thioether (sulfide) groups is 1. The number of hydrogen-bond acceptors (Lipinski definition) is 4. The lowest BCUT2D eigenvalue weighted by Gasteiger charge is -1.99. The molecule has 1 aromatic heterocycles. The van der Waals surface area contributed by atoms with Crippen LogP contribution in [0.25, 0.3) is 11.3 Å². The number of hydrogen-bond donors (Lipinski definition) is 1. The lowest BCUT2D eigenvalue weighted by molar-refractivity contribution is -0.113. The van der Waals surface area contributed by atoms with E-state index in [1.54, 1.807) is 12.1 Å². The molecule has 1 aromatic carbocycles. The third-order valence-corrected chi connectivity index (χ3v) is 3.87. The van der Waals surface area contributed by atoms with Crippen LogP contribution in [0, 0.1) is 12.7 Å². The van der Waals surface area contributed by atoms with Gasteiger partial charge in [-0.2, -0.15) is 11.8 Å². The summed E-state index contributed by atoms with van der Waals surface area (Å²) in [5, 5.41) is 3.34. The summed E-state index contributed by atoms with van der Waals surface area (Å²) in [6.45, 7) is 1.93. The normalized spacial score (nSPS) is 10.5. The average Bonchev–Trinajstić information content (AvgIpc) is 2.71. The second-order valence-electron chi connectivity index (χ2n) is 3.91. The Morgan fingerprint density at radius 2 is 2.11 bits per heavy atom. The Hall–Kier alpha value is -1.40. The van der Waals surface area contributed by atoms with Gasteiger partial charge in [0, 0.05) is 10.4 Å². The largest absolute Gasteiger partial charge is 0.301 e. The van der Waals surface area contributed by atoms with Gasteiger partial charge in [0.05, 0.1) is 11.4 Å². The van der Waals surface area contributed by atoms with Crippen LogP contribution in [-0.2, 0) is 4.79 Å². The first-order chi connectivity index (χ1) is 9.10. The summed E-state index contributed by atoms with van der Waals surface area (Å²) in [5.41, 5.74) is 1.63. The van der Waals surface area contributed by atoms with Crippen LogP contribution in [0.1, 0.15) is 4.88 Å². The van der Waals surface area contributed by atoms with E-state index < -0.39 is 0 Å². The molecule has 19 heavy (non-hydrogen) atoms. The van der Waals surface area contributed by atoms with Crippen LogP contribution in [0.2, 0.25) is 0 Å². The fourth-order valence-electron chi connectivity index (χ4n) is 1.61. The van der Waals surface area contributed by atoms with Crippen molar-refractivity contribution >= 4 is 34.1 Å². The van der Waals surface area contributed by atoms with Crippen LogP contribution in [0.5, 0.6) is 0 Å².